The molecular weight excluding hydrogens is 580 g/mol. The van der Waals surface area contributed by atoms with Gasteiger partial charge < -0.3 is 4.74 Å². The predicted molar refractivity (Wildman–Crippen MR) is 141 cm³/mol. The van der Waals surface area contributed by atoms with Crippen molar-refractivity contribution in [2.45, 2.75) is 30.8 Å². The number of anilines is 1. The number of aromatic nitrogens is 3. The number of esters is 1. The standard InChI is InChI=1S/C25H21Cl2F3N4O4S/c1-2-3-8-38-24(35)15-34(39(36,37)21-12-18(26)11-19(27)13-21)20-4-5-22-16(9-20)6-7-33(22)23-10-17(14-31-32-23)25(28,29)30/h4-7,9-14H,2-3,8,15H2,1H3. The summed E-state index contributed by atoms with van der Waals surface area (Å²) in [5.41, 5.74) is -0.426. The van der Waals surface area contributed by atoms with Gasteiger partial charge in [-0.3, -0.25) is 13.7 Å². The topological polar surface area (TPSA) is 94.4 Å². The molecule has 0 spiro atoms. The molecule has 0 amide bonds. The van der Waals surface area contributed by atoms with Gasteiger partial charge in [0.25, 0.3) is 10.0 Å². The van der Waals surface area contributed by atoms with Gasteiger partial charge in [-0.25, -0.2) is 8.42 Å². The van der Waals surface area contributed by atoms with E-state index in [0.717, 1.165) is 16.8 Å². The Bertz CT molecular complexity index is 1610. The van der Waals surface area contributed by atoms with E-state index in [1.807, 2.05) is 6.92 Å². The van der Waals surface area contributed by atoms with Crippen LogP contribution in [-0.4, -0.2) is 42.3 Å². The smallest absolute Gasteiger partial charge is 0.418 e. The maximum Gasteiger partial charge on any atom is 0.418 e. The van der Waals surface area contributed by atoms with Gasteiger partial charge in [0.15, 0.2) is 5.82 Å². The highest BCUT2D eigenvalue weighted by Crippen LogP contribution is 2.33. The van der Waals surface area contributed by atoms with Gasteiger partial charge in [0, 0.05) is 21.6 Å². The fraction of sp³-hybridized carbons (Fsp3) is 0.240. The summed E-state index contributed by atoms with van der Waals surface area (Å²) in [7, 11) is -4.35. The van der Waals surface area contributed by atoms with Crippen molar-refractivity contribution >= 4 is 55.8 Å². The molecule has 2 heterocycles. The normalized spacial score (nSPS) is 12.1. The lowest BCUT2D eigenvalue weighted by Crippen LogP contribution is -2.36. The van der Waals surface area contributed by atoms with Crippen LogP contribution in [0, 0.1) is 0 Å². The van der Waals surface area contributed by atoms with E-state index >= 15 is 0 Å². The van der Waals surface area contributed by atoms with Crippen molar-refractivity contribution in [3.63, 3.8) is 0 Å². The molecule has 0 saturated carbocycles. The monoisotopic (exact) mass is 600 g/mol. The van der Waals surface area contributed by atoms with Gasteiger partial charge in [0.1, 0.15) is 6.54 Å². The number of carbonyl (C=O) groups is 1. The molecule has 39 heavy (non-hydrogen) atoms. The maximum atomic E-state index is 13.7. The number of sulfonamides is 1. The van der Waals surface area contributed by atoms with Crippen molar-refractivity contribution < 1.29 is 31.1 Å². The SMILES string of the molecule is CCCCOC(=O)CN(c1ccc2c(ccn2-c2cc(C(F)(F)F)cnn2)c1)S(=O)(=O)c1cc(Cl)cc(Cl)c1. The fourth-order valence-corrected chi connectivity index (χ4v) is 5.85. The molecule has 0 radical (unpaired) electrons. The number of unbranched alkanes of at least 4 members (excludes halogenated alkanes) is 1. The lowest BCUT2D eigenvalue weighted by molar-refractivity contribution is -0.142. The minimum Gasteiger partial charge on any atom is -0.464 e. The van der Waals surface area contributed by atoms with Crippen molar-refractivity contribution in [3.05, 3.63) is 76.5 Å². The Hall–Kier alpha value is -3.35. The Morgan fingerprint density at radius 3 is 2.46 bits per heavy atom. The van der Waals surface area contributed by atoms with Crippen molar-refractivity contribution in [2.24, 2.45) is 0 Å². The van der Waals surface area contributed by atoms with Crippen LogP contribution in [0.5, 0.6) is 0 Å². The van der Waals surface area contributed by atoms with E-state index < -0.39 is 34.3 Å². The molecule has 0 aliphatic carbocycles. The summed E-state index contributed by atoms with van der Waals surface area (Å²) in [5.74, 6) is -0.845. The Kier molecular flexibility index (Phi) is 8.38. The average molecular weight is 601 g/mol. The summed E-state index contributed by atoms with van der Waals surface area (Å²) in [6, 6.07) is 10.6. The molecule has 2 aromatic carbocycles. The molecule has 0 atom stereocenters. The highest BCUT2D eigenvalue weighted by molar-refractivity contribution is 7.92. The number of carbonyl (C=O) groups excluding carboxylic acids is 1. The first-order valence-electron chi connectivity index (χ1n) is 11.6. The summed E-state index contributed by atoms with van der Waals surface area (Å²) >= 11 is 12.1. The average Bonchev–Trinajstić information content (AvgIpc) is 3.30. The molecule has 206 valence electrons. The Morgan fingerprint density at radius 2 is 1.79 bits per heavy atom. The van der Waals surface area contributed by atoms with Crippen LogP contribution in [0.2, 0.25) is 10.0 Å². The number of alkyl halides is 3. The minimum atomic E-state index is -4.61. The minimum absolute atomic E-state index is 0.0786. The van der Waals surface area contributed by atoms with Crippen LogP contribution in [0.1, 0.15) is 25.3 Å². The summed E-state index contributed by atoms with van der Waals surface area (Å²) < 4.78 is 74.3. The van der Waals surface area contributed by atoms with Gasteiger partial charge >= 0.3 is 12.1 Å². The largest absolute Gasteiger partial charge is 0.464 e. The van der Waals surface area contributed by atoms with Crippen LogP contribution in [-0.2, 0) is 25.7 Å². The fourth-order valence-electron chi connectivity index (χ4n) is 3.73. The number of hydrogen-bond donors (Lipinski definition) is 0. The number of rotatable bonds is 9. The zero-order valence-corrected chi connectivity index (χ0v) is 22.7. The van der Waals surface area contributed by atoms with Crippen molar-refractivity contribution in [1.82, 2.24) is 14.8 Å². The van der Waals surface area contributed by atoms with Crippen molar-refractivity contribution in [2.75, 3.05) is 17.5 Å². The zero-order chi connectivity index (χ0) is 28.4. The van der Waals surface area contributed by atoms with Gasteiger partial charge in [-0.1, -0.05) is 36.5 Å². The molecule has 4 rings (SSSR count). The third-order valence-corrected chi connectivity index (χ3v) is 7.82. The molecule has 0 saturated heterocycles. The molecule has 14 heteroatoms. The first-order chi connectivity index (χ1) is 18.4. The molecule has 0 aliphatic rings. The van der Waals surface area contributed by atoms with Crippen LogP contribution in [0.15, 0.2) is 65.8 Å². The second-order valence-corrected chi connectivity index (χ2v) is 11.2. The van der Waals surface area contributed by atoms with Crippen LogP contribution < -0.4 is 4.31 Å². The van der Waals surface area contributed by atoms with E-state index in [1.54, 1.807) is 6.07 Å². The number of fused-ring (bicyclic) bond motifs is 1. The number of ether oxygens (including phenoxy) is 1. The zero-order valence-electron chi connectivity index (χ0n) is 20.3. The van der Waals surface area contributed by atoms with Crippen LogP contribution in [0.3, 0.4) is 0 Å². The van der Waals surface area contributed by atoms with Gasteiger partial charge in [-0.15, -0.1) is 5.10 Å². The van der Waals surface area contributed by atoms with Crippen LogP contribution in [0.25, 0.3) is 16.7 Å². The highest BCUT2D eigenvalue weighted by Gasteiger charge is 2.32. The molecule has 0 fully saturated rings. The molecular formula is C25H21Cl2F3N4O4S. The third kappa shape index (κ3) is 6.45. The number of nitrogens with zero attached hydrogens (tertiary/aromatic N) is 4. The Morgan fingerprint density at radius 1 is 1.08 bits per heavy atom. The number of benzene rings is 2. The second-order valence-electron chi connectivity index (χ2n) is 8.42. The van der Waals surface area contributed by atoms with Crippen molar-refractivity contribution in [1.29, 1.82) is 0 Å². The van der Waals surface area contributed by atoms with E-state index in [1.165, 1.54) is 47.2 Å². The summed E-state index contributed by atoms with van der Waals surface area (Å²) in [6.07, 6.45) is -1.11. The van der Waals surface area contributed by atoms with E-state index in [9.17, 15) is 26.4 Å². The number of hydrogen-bond acceptors (Lipinski definition) is 6. The molecule has 0 bridgehead atoms. The van der Waals surface area contributed by atoms with Crippen LogP contribution >= 0.6 is 23.2 Å². The first kappa shape index (κ1) is 28.7. The van der Waals surface area contributed by atoms with Gasteiger partial charge in [0.2, 0.25) is 0 Å². The molecule has 0 unspecified atom stereocenters. The summed E-state index contributed by atoms with van der Waals surface area (Å²) in [4.78, 5) is 12.3. The van der Waals surface area contributed by atoms with E-state index in [4.69, 9.17) is 27.9 Å². The van der Waals surface area contributed by atoms with E-state index in [0.29, 0.717) is 23.5 Å². The Labute approximate surface area is 232 Å². The molecule has 8 nitrogen and oxygen atoms in total. The van der Waals surface area contributed by atoms with E-state index in [2.05, 4.69) is 10.2 Å². The predicted octanol–water partition coefficient (Wildman–Crippen LogP) is 6.28. The quantitative estimate of drug-likeness (QED) is 0.166. The Balaban J connectivity index is 1.77. The second kappa shape index (κ2) is 11.4. The molecule has 0 N–H and O–H groups in total. The first-order valence-corrected chi connectivity index (χ1v) is 13.8. The van der Waals surface area contributed by atoms with Crippen LogP contribution in [0.4, 0.5) is 18.9 Å². The van der Waals surface area contributed by atoms with Gasteiger partial charge in [-0.05, 0) is 55.0 Å². The highest BCUT2D eigenvalue weighted by atomic mass is 35.5. The number of halogens is 5. The summed E-state index contributed by atoms with van der Waals surface area (Å²) in [6.45, 7) is 1.41. The van der Waals surface area contributed by atoms with Gasteiger partial charge in [-0.2, -0.15) is 18.3 Å². The van der Waals surface area contributed by atoms with E-state index in [-0.39, 0.29) is 33.1 Å². The van der Waals surface area contributed by atoms with Gasteiger partial charge in [0.05, 0.1) is 34.5 Å². The molecule has 2 aromatic heterocycles. The lowest BCUT2D eigenvalue weighted by Gasteiger charge is -2.24. The molecule has 0 aliphatic heterocycles. The maximum absolute atomic E-state index is 13.7. The molecule has 4 aromatic rings. The summed E-state index contributed by atoms with van der Waals surface area (Å²) in [5, 5.41) is 7.88. The lowest BCUT2D eigenvalue weighted by atomic mass is 10.2. The third-order valence-electron chi connectivity index (χ3n) is 5.64. The van der Waals surface area contributed by atoms with Crippen molar-refractivity contribution in [3.8, 4) is 5.82 Å².